The maximum atomic E-state index is 12.0. The van der Waals surface area contributed by atoms with Crippen molar-refractivity contribution in [2.45, 2.75) is 19.9 Å². The van der Waals surface area contributed by atoms with E-state index in [-0.39, 0.29) is 5.91 Å². The predicted octanol–water partition coefficient (Wildman–Crippen LogP) is 0.889. The highest BCUT2D eigenvalue weighted by Gasteiger charge is 2.25. The number of hydrogen-bond donors (Lipinski definition) is 0. The Balaban J connectivity index is 1.89. The minimum absolute atomic E-state index is 0.0321. The van der Waals surface area contributed by atoms with Crippen molar-refractivity contribution in [3.63, 3.8) is 0 Å². The molecule has 1 fully saturated rings. The van der Waals surface area contributed by atoms with E-state index in [1.165, 1.54) is 0 Å². The second-order valence-electron chi connectivity index (χ2n) is 4.44. The first-order valence-corrected chi connectivity index (χ1v) is 5.79. The van der Waals surface area contributed by atoms with E-state index in [0.29, 0.717) is 18.3 Å². The molecule has 16 heavy (non-hydrogen) atoms. The van der Waals surface area contributed by atoms with Crippen molar-refractivity contribution in [2.24, 2.45) is 10.2 Å². The molecule has 0 atom stereocenters. The average molecular weight is 222 g/mol. The number of carbonyl (C=O) groups is 1. The van der Waals surface area contributed by atoms with Gasteiger partial charge in [0.1, 0.15) is 5.70 Å². The summed E-state index contributed by atoms with van der Waals surface area (Å²) in [5, 5.41) is 7.64. The van der Waals surface area contributed by atoms with Gasteiger partial charge in [-0.3, -0.25) is 9.69 Å². The first kappa shape index (κ1) is 11.3. The molecule has 88 valence electrons. The fourth-order valence-electron chi connectivity index (χ4n) is 2.02. The molecule has 2 aliphatic rings. The van der Waals surface area contributed by atoms with Crippen molar-refractivity contribution in [2.75, 3.05) is 32.7 Å². The van der Waals surface area contributed by atoms with Crippen molar-refractivity contribution < 1.29 is 4.79 Å². The second-order valence-corrected chi connectivity index (χ2v) is 4.44. The fourth-order valence-corrected chi connectivity index (χ4v) is 2.02. The largest absolute Gasteiger partial charge is 0.335 e. The minimum Gasteiger partial charge on any atom is -0.335 e. The lowest BCUT2D eigenvalue weighted by atomic mass is 10.2. The lowest BCUT2D eigenvalue weighted by Gasteiger charge is -2.36. The molecular formula is C11H18N4O. The van der Waals surface area contributed by atoms with E-state index in [1.807, 2.05) is 4.90 Å². The number of azo groups is 1. The van der Waals surface area contributed by atoms with Crippen LogP contribution in [-0.2, 0) is 4.79 Å². The molecule has 0 aliphatic carbocycles. The highest BCUT2D eigenvalue weighted by Crippen LogP contribution is 2.13. The third-order valence-corrected chi connectivity index (χ3v) is 3.10. The van der Waals surface area contributed by atoms with Gasteiger partial charge in [0, 0.05) is 32.2 Å². The summed E-state index contributed by atoms with van der Waals surface area (Å²) in [4.78, 5) is 16.2. The molecular weight excluding hydrogens is 204 g/mol. The van der Waals surface area contributed by atoms with Gasteiger partial charge in [0.2, 0.25) is 0 Å². The number of piperazine rings is 1. The monoisotopic (exact) mass is 222 g/mol. The van der Waals surface area contributed by atoms with E-state index >= 15 is 0 Å². The molecule has 5 nitrogen and oxygen atoms in total. The molecule has 1 amide bonds. The molecule has 0 aromatic heterocycles. The van der Waals surface area contributed by atoms with Crippen LogP contribution in [0.25, 0.3) is 0 Å². The Bertz CT molecular complexity index is 327. The van der Waals surface area contributed by atoms with Crippen LogP contribution in [0.2, 0.25) is 0 Å². The van der Waals surface area contributed by atoms with Gasteiger partial charge in [-0.15, -0.1) is 0 Å². The first-order valence-electron chi connectivity index (χ1n) is 5.79. The van der Waals surface area contributed by atoms with E-state index in [0.717, 1.165) is 26.2 Å². The summed E-state index contributed by atoms with van der Waals surface area (Å²) in [6.07, 6.45) is 1.79. The van der Waals surface area contributed by atoms with Crippen LogP contribution in [0, 0.1) is 0 Å². The SMILES string of the molecule is CC(C)N1CCN(C(=O)C2=CCN=N2)CC1. The standard InChI is InChI=1S/C11H18N4O/c1-9(2)14-5-7-15(8-6-14)11(16)10-3-4-12-13-10/h3,9H,4-8H2,1-2H3. The van der Waals surface area contributed by atoms with Crippen LogP contribution in [0.1, 0.15) is 13.8 Å². The zero-order chi connectivity index (χ0) is 11.5. The highest BCUT2D eigenvalue weighted by atomic mass is 16.2. The number of rotatable bonds is 2. The molecule has 0 saturated carbocycles. The lowest BCUT2D eigenvalue weighted by Crippen LogP contribution is -2.50. The Morgan fingerprint density at radius 2 is 2.00 bits per heavy atom. The Morgan fingerprint density at radius 3 is 2.50 bits per heavy atom. The van der Waals surface area contributed by atoms with Crippen LogP contribution >= 0.6 is 0 Å². The first-order chi connectivity index (χ1) is 7.68. The van der Waals surface area contributed by atoms with Crippen molar-refractivity contribution in [3.8, 4) is 0 Å². The maximum Gasteiger partial charge on any atom is 0.274 e. The van der Waals surface area contributed by atoms with E-state index in [1.54, 1.807) is 6.08 Å². The predicted molar refractivity (Wildman–Crippen MR) is 61.1 cm³/mol. The van der Waals surface area contributed by atoms with Gasteiger partial charge >= 0.3 is 0 Å². The van der Waals surface area contributed by atoms with Gasteiger partial charge in [-0.2, -0.15) is 10.2 Å². The molecule has 0 N–H and O–H groups in total. The molecule has 0 bridgehead atoms. The van der Waals surface area contributed by atoms with Crippen LogP contribution in [0.5, 0.6) is 0 Å². The summed E-state index contributed by atoms with van der Waals surface area (Å²) in [5.41, 5.74) is 0.512. The number of carbonyl (C=O) groups excluding carboxylic acids is 1. The summed E-state index contributed by atoms with van der Waals surface area (Å²) in [6.45, 7) is 8.42. The Labute approximate surface area is 95.8 Å². The lowest BCUT2D eigenvalue weighted by molar-refractivity contribution is -0.129. The summed E-state index contributed by atoms with van der Waals surface area (Å²) >= 11 is 0. The Kier molecular flexibility index (Phi) is 3.33. The van der Waals surface area contributed by atoms with Crippen LogP contribution < -0.4 is 0 Å². The molecule has 2 rings (SSSR count). The summed E-state index contributed by atoms with van der Waals surface area (Å²) in [5.74, 6) is 0.0321. The van der Waals surface area contributed by atoms with Gasteiger partial charge in [0.05, 0.1) is 6.54 Å². The van der Waals surface area contributed by atoms with Crippen molar-refractivity contribution in [1.29, 1.82) is 0 Å². The molecule has 2 heterocycles. The minimum atomic E-state index is 0.0321. The van der Waals surface area contributed by atoms with Gasteiger partial charge < -0.3 is 4.90 Å². The summed E-state index contributed by atoms with van der Waals surface area (Å²) in [7, 11) is 0. The fraction of sp³-hybridized carbons (Fsp3) is 0.727. The average Bonchev–Trinajstić information content (AvgIpc) is 2.81. The number of nitrogens with zero attached hydrogens (tertiary/aromatic N) is 4. The summed E-state index contributed by atoms with van der Waals surface area (Å²) in [6, 6.07) is 0.558. The van der Waals surface area contributed by atoms with E-state index in [4.69, 9.17) is 0 Å². The van der Waals surface area contributed by atoms with E-state index < -0.39 is 0 Å². The van der Waals surface area contributed by atoms with Crippen LogP contribution in [0.15, 0.2) is 22.0 Å². The molecule has 0 radical (unpaired) electrons. The zero-order valence-electron chi connectivity index (χ0n) is 9.89. The quantitative estimate of drug-likeness (QED) is 0.696. The van der Waals surface area contributed by atoms with Crippen LogP contribution in [0.4, 0.5) is 0 Å². The van der Waals surface area contributed by atoms with E-state index in [9.17, 15) is 4.79 Å². The van der Waals surface area contributed by atoms with Gasteiger partial charge in [0.25, 0.3) is 5.91 Å². The third-order valence-electron chi connectivity index (χ3n) is 3.10. The van der Waals surface area contributed by atoms with Gasteiger partial charge in [0.15, 0.2) is 0 Å². The Hall–Kier alpha value is -1.23. The highest BCUT2D eigenvalue weighted by molar-refractivity contribution is 5.93. The van der Waals surface area contributed by atoms with Crippen LogP contribution in [-0.4, -0.2) is 54.5 Å². The molecule has 0 spiro atoms. The topological polar surface area (TPSA) is 48.3 Å². The molecule has 0 aromatic carbocycles. The second kappa shape index (κ2) is 4.74. The number of hydrogen-bond acceptors (Lipinski definition) is 4. The normalized spacial score (nSPS) is 21.7. The third kappa shape index (κ3) is 2.29. The van der Waals surface area contributed by atoms with Crippen molar-refractivity contribution >= 4 is 5.91 Å². The molecule has 5 heteroatoms. The maximum absolute atomic E-state index is 12.0. The molecule has 0 unspecified atom stereocenters. The van der Waals surface area contributed by atoms with Gasteiger partial charge in [-0.25, -0.2) is 0 Å². The van der Waals surface area contributed by atoms with Crippen molar-refractivity contribution in [1.82, 2.24) is 9.80 Å². The molecule has 0 aromatic rings. The van der Waals surface area contributed by atoms with Crippen molar-refractivity contribution in [3.05, 3.63) is 11.8 Å². The number of amides is 1. The molecule has 1 saturated heterocycles. The van der Waals surface area contributed by atoms with Gasteiger partial charge in [-0.1, -0.05) is 0 Å². The molecule has 2 aliphatic heterocycles. The summed E-state index contributed by atoms with van der Waals surface area (Å²) < 4.78 is 0. The van der Waals surface area contributed by atoms with E-state index in [2.05, 4.69) is 29.0 Å². The smallest absolute Gasteiger partial charge is 0.274 e. The van der Waals surface area contributed by atoms with Gasteiger partial charge in [-0.05, 0) is 19.9 Å². The van der Waals surface area contributed by atoms with Crippen LogP contribution in [0.3, 0.4) is 0 Å². The zero-order valence-corrected chi connectivity index (χ0v) is 9.89. The Morgan fingerprint density at radius 1 is 1.31 bits per heavy atom.